The van der Waals surface area contributed by atoms with E-state index in [1.165, 1.54) is 30.9 Å². The topological polar surface area (TPSA) is 115 Å². The molecule has 4 heterocycles. The fraction of sp³-hybridized carbons (Fsp3) is 0.486. The highest BCUT2D eigenvalue weighted by Gasteiger charge is 2.38. The molecule has 0 saturated carbocycles. The van der Waals surface area contributed by atoms with Crippen LogP contribution in [0.15, 0.2) is 42.6 Å². The Morgan fingerprint density at radius 2 is 1.76 bits per heavy atom. The second kappa shape index (κ2) is 14.8. The third kappa shape index (κ3) is 7.48. The first-order valence-electron chi connectivity index (χ1n) is 16.9. The maximum Gasteiger partial charge on any atom is 0.421 e. The number of hydrogen-bond acceptors (Lipinski definition) is 9. The van der Waals surface area contributed by atoms with Crippen LogP contribution in [-0.2, 0) is 6.18 Å². The van der Waals surface area contributed by atoms with E-state index < -0.39 is 36.2 Å². The maximum atomic E-state index is 14.1. The van der Waals surface area contributed by atoms with Crippen LogP contribution in [0.4, 0.5) is 40.7 Å². The number of halogens is 4. The van der Waals surface area contributed by atoms with E-state index in [0.717, 1.165) is 39.0 Å². The standard InChI is InChI=1S/C35H42F4N8O3/c1-21-25-5-4-6-28(30(25)33(49)47(21)18-13-36)42-31-26(35(37,38)39)20-40-34(44-31)43-27-8-7-22(19-29(27)50-3)32(48)41-23-9-16-46(17-10-23)24-11-14-45(2)15-12-24/h4-8,19-21,23-24H,9-18H2,1-3H3,(H,41,48)(H2,40,42,43,44). The van der Waals surface area contributed by atoms with E-state index in [1.807, 2.05) is 0 Å². The number of nitrogens with zero attached hydrogens (tertiary/aromatic N) is 5. The van der Waals surface area contributed by atoms with Crippen molar-refractivity contribution in [2.45, 2.75) is 56.9 Å². The van der Waals surface area contributed by atoms with Gasteiger partial charge in [-0.1, -0.05) is 12.1 Å². The van der Waals surface area contributed by atoms with Crippen LogP contribution in [0.25, 0.3) is 0 Å². The van der Waals surface area contributed by atoms with Crippen LogP contribution in [0.3, 0.4) is 0 Å². The normalized spacial score (nSPS) is 19.4. The Kier molecular flexibility index (Phi) is 10.4. The Labute approximate surface area is 288 Å². The van der Waals surface area contributed by atoms with E-state index in [4.69, 9.17) is 4.74 Å². The zero-order valence-corrected chi connectivity index (χ0v) is 28.3. The molecule has 3 aromatic rings. The lowest BCUT2D eigenvalue weighted by molar-refractivity contribution is -0.137. The van der Waals surface area contributed by atoms with Gasteiger partial charge >= 0.3 is 6.18 Å². The number of benzene rings is 2. The molecule has 2 fully saturated rings. The largest absolute Gasteiger partial charge is 0.495 e. The average molecular weight is 699 g/mol. The van der Waals surface area contributed by atoms with Gasteiger partial charge in [0.1, 0.15) is 23.8 Å². The third-order valence-electron chi connectivity index (χ3n) is 9.94. The van der Waals surface area contributed by atoms with Crippen molar-refractivity contribution < 1.29 is 31.9 Å². The van der Waals surface area contributed by atoms with Crippen LogP contribution in [0, 0.1) is 0 Å². The average Bonchev–Trinajstić information content (AvgIpc) is 3.34. The zero-order valence-electron chi connectivity index (χ0n) is 28.3. The maximum absolute atomic E-state index is 14.1. The van der Waals surface area contributed by atoms with Gasteiger partial charge in [-0.3, -0.25) is 9.59 Å². The minimum Gasteiger partial charge on any atom is -0.495 e. The van der Waals surface area contributed by atoms with E-state index in [-0.39, 0.29) is 41.4 Å². The van der Waals surface area contributed by atoms with Gasteiger partial charge in [0, 0.05) is 43.5 Å². The van der Waals surface area contributed by atoms with Crippen LogP contribution in [-0.4, -0.2) is 102 Å². The number of fused-ring (bicyclic) bond motifs is 1. The number of piperidine rings is 2. The molecule has 0 radical (unpaired) electrons. The minimum absolute atomic E-state index is 0.0522. The first-order valence-corrected chi connectivity index (χ1v) is 16.9. The number of carbonyl (C=O) groups is 2. The van der Waals surface area contributed by atoms with Crippen molar-refractivity contribution in [2.24, 2.45) is 0 Å². The predicted octanol–water partition coefficient (Wildman–Crippen LogP) is 5.77. The van der Waals surface area contributed by atoms with Crippen molar-refractivity contribution in [1.82, 2.24) is 30.0 Å². The third-order valence-corrected chi connectivity index (χ3v) is 9.94. The molecular weight excluding hydrogens is 656 g/mol. The second-order valence-corrected chi connectivity index (χ2v) is 13.1. The summed E-state index contributed by atoms with van der Waals surface area (Å²) in [5.74, 6) is -1.22. The highest BCUT2D eigenvalue weighted by atomic mass is 19.4. The molecule has 15 heteroatoms. The molecule has 1 unspecified atom stereocenters. The molecule has 0 spiro atoms. The first kappa shape index (κ1) is 35.3. The van der Waals surface area contributed by atoms with Crippen molar-refractivity contribution in [3.05, 3.63) is 64.8 Å². The van der Waals surface area contributed by atoms with Crippen LogP contribution in [0.5, 0.6) is 5.75 Å². The fourth-order valence-electron chi connectivity index (χ4n) is 7.10. The summed E-state index contributed by atoms with van der Waals surface area (Å²) >= 11 is 0. The molecule has 3 aliphatic rings. The summed E-state index contributed by atoms with van der Waals surface area (Å²) in [6, 6.07) is 9.71. The molecule has 1 atom stereocenters. The zero-order chi connectivity index (χ0) is 35.6. The van der Waals surface area contributed by atoms with Crippen molar-refractivity contribution in [1.29, 1.82) is 0 Å². The lowest BCUT2D eigenvalue weighted by Gasteiger charge is -2.41. The van der Waals surface area contributed by atoms with E-state index in [1.54, 1.807) is 37.3 Å². The molecule has 6 rings (SSSR count). The fourth-order valence-corrected chi connectivity index (χ4v) is 7.10. The monoisotopic (exact) mass is 698 g/mol. The van der Waals surface area contributed by atoms with Gasteiger partial charge in [0.2, 0.25) is 5.95 Å². The lowest BCUT2D eigenvalue weighted by atomic mass is 9.98. The number of amides is 2. The number of aromatic nitrogens is 2. The highest BCUT2D eigenvalue weighted by molar-refractivity contribution is 6.04. The number of rotatable bonds is 10. The van der Waals surface area contributed by atoms with Crippen molar-refractivity contribution in [3.63, 3.8) is 0 Å². The Morgan fingerprint density at radius 1 is 1.02 bits per heavy atom. The smallest absolute Gasteiger partial charge is 0.421 e. The quantitative estimate of drug-likeness (QED) is 0.227. The van der Waals surface area contributed by atoms with Gasteiger partial charge in [-0.25, -0.2) is 9.37 Å². The summed E-state index contributed by atoms with van der Waals surface area (Å²) in [6.45, 7) is 4.94. The molecule has 3 N–H and O–H groups in total. The van der Waals surface area contributed by atoms with E-state index >= 15 is 0 Å². The van der Waals surface area contributed by atoms with Crippen LogP contribution in [0.2, 0.25) is 0 Å². The summed E-state index contributed by atoms with van der Waals surface area (Å²) in [4.78, 5) is 40.6. The van der Waals surface area contributed by atoms with Gasteiger partial charge < -0.3 is 35.4 Å². The van der Waals surface area contributed by atoms with Gasteiger partial charge in [-0.15, -0.1) is 0 Å². The molecule has 268 valence electrons. The number of nitrogens with one attached hydrogen (secondary N) is 3. The predicted molar refractivity (Wildman–Crippen MR) is 181 cm³/mol. The first-order chi connectivity index (χ1) is 24.0. The number of hydrogen-bond donors (Lipinski definition) is 3. The van der Waals surface area contributed by atoms with Gasteiger partial charge in [0.05, 0.1) is 30.1 Å². The summed E-state index contributed by atoms with van der Waals surface area (Å²) in [5, 5.41) is 8.72. The lowest BCUT2D eigenvalue weighted by Crippen LogP contribution is -2.50. The molecule has 0 aliphatic carbocycles. The van der Waals surface area contributed by atoms with Crippen LogP contribution >= 0.6 is 0 Å². The molecule has 2 aromatic carbocycles. The number of ether oxygens (including phenoxy) is 1. The molecule has 0 bridgehead atoms. The molecule has 1 aromatic heterocycles. The SMILES string of the molecule is COc1cc(C(=O)NC2CCN(C3CCN(C)CC3)CC2)ccc1Nc1ncc(C(F)(F)F)c(Nc2cccc3c2C(=O)N(CCF)C3C)n1. The van der Waals surface area contributed by atoms with Crippen molar-refractivity contribution in [3.8, 4) is 5.75 Å². The summed E-state index contributed by atoms with van der Waals surface area (Å²) in [5.41, 5.74) is 0.397. The highest BCUT2D eigenvalue weighted by Crippen LogP contribution is 2.41. The Bertz CT molecular complexity index is 1710. The second-order valence-electron chi connectivity index (χ2n) is 13.1. The molecule has 2 saturated heterocycles. The summed E-state index contributed by atoms with van der Waals surface area (Å²) in [7, 11) is 3.57. The van der Waals surface area contributed by atoms with Crippen LogP contribution in [0.1, 0.15) is 70.5 Å². The Morgan fingerprint density at radius 3 is 2.44 bits per heavy atom. The minimum atomic E-state index is -4.81. The van der Waals surface area contributed by atoms with E-state index in [0.29, 0.717) is 29.1 Å². The molecule has 11 nitrogen and oxygen atoms in total. The number of methoxy groups -OCH3 is 1. The Hall–Kier alpha value is -4.50. The molecular formula is C35H42F4N8O3. The number of alkyl halides is 4. The molecule has 50 heavy (non-hydrogen) atoms. The van der Waals surface area contributed by atoms with Crippen LogP contribution < -0.4 is 20.7 Å². The van der Waals surface area contributed by atoms with E-state index in [9.17, 15) is 27.2 Å². The van der Waals surface area contributed by atoms with Crippen molar-refractivity contribution in [2.75, 3.05) is 64.2 Å². The Balaban J connectivity index is 1.16. The van der Waals surface area contributed by atoms with Gasteiger partial charge in [-0.2, -0.15) is 18.2 Å². The van der Waals surface area contributed by atoms with Gasteiger partial charge in [0.15, 0.2) is 0 Å². The number of carbonyl (C=O) groups excluding carboxylic acids is 2. The van der Waals surface area contributed by atoms with E-state index in [2.05, 4.69) is 42.8 Å². The number of anilines is 4. The molecule has 2 amide bonds. The summed E-state index contributed by atoms with van der Waals surface area (Å²) in [6.07, 6.45) is -0.102. The number of likely N-dealkylation sites (tertiary alicyclic amines) is 2. The summed E-state index contributed by atoms with van der Waals surface area (Å²) < 4.78 is 61.0. The van der Waals surface area contributed by atoms with Gasteiger partial charge in [-0.05, 0) is 82.6 Å². The van der Waals surface area contributed by atoms with Gasteiger partial charge in [0.25, 0.3) is 11.8 Å². The van der Waals surface area contributed by atoms with Crippen molar-refractivity contribution >= 4 is 35.0 Å². The molecule has 3 aliphatic heterocycles.